The maximum Gasteiger partial charge on any atom is 0.319 e. The molecule has 22 heavy (non-hydrogen) atoms. The van der Waals surface area contributed by atoms with Gasteiger partial charge in [0.05, 0.1) is 5.39 Å². The quantitative estimate of drug-likeness (QED) is 0.553. The van der Waals surface area contributed by atoms with Crippen LogP contribution < -0.4 is 5.56 Å². The minimum atomic E-state index is -1.06. The second-order valence-electron chi connectivity index (χ2n) is 5.10. The highest BCUT2D eigenvalue weighted by Crippen LogP contribution is 2.35. The zero-order chi connectivity index (χ0) is 15.9. The number of fused-ring (bicyclic) bond motifs is 1. The van der Waals surface area contributed by atoms with Crippen LogP contribution in [0, 0.1) is 0 Å². The molecule has 3 aromatic rings. The molecule has 0 aliphatic rings. The summed E-state index contributed by atoms with van der Waals surface area (Å²) in [6.07, 6.45) is 0. The lowest BCUT2D eigenvalue weighted by atomic mass is 10.2. The summed E-state index contributed by atoms with van der Waals surface area (Å²) in [4.78, 5) is 32.3. The van der Waals surface area contributed by atoms with E-state index in [0.29, 0.717) is 15.4 Å². The van der Waals surface area contributed by atoms with E-state index in [0.717, 1.165) is 22.2 Å². The fraction of sp³-hybridized carbons (Fsp3) is 0.214. The van der Waals surface area contributed by atoms with Crippen molar-refractivity contribution in [1.29, 1.82) is 0 Å². The Hall–Kier alpha value is -1.64. The molecule has 3 rings (SSSR count). The van der Waals surface area contributed by atoms with E-state index in [1.54, 1.807) is 25.2 Å². The molecule has 0 fully saturated rings. The normalized spacial score (nSPS) is 11.9. The Morgan fingerprint density at radius 3 is 2.82 bits per heavy atom. The number of H-pyrrole nitrogens is 1. The zero-order valence-corrected chi connectivity index (χ0v) is 14.2. The largest absolute Gasteiger partial charge is 0.480 e. The highest BCUT2D eigenvalue weighted by atomic mass is 32.2. The van der Waals surface area contributed by atoms with Crippen molar-refractivity contribution in [2.75, 3.05) is 0 Å². The number of carboxylic acid groups (broad SMARTS) is 1. The van der Waals surface area contributed by atoms with Crippen molar-refractivity contribution in [2.24, 2.45) is 0 Å². The van der Waals surface area contributed by atoms with E-state index >= 15 is 0 Å². The van der Waals surface area contributed by atoms with Crippen molar-refractivity contribution in [3.63, 3.8) is 0 Å². The number of aromatic amines is 1. The summed E-state index contributed by atoms with van der Waals surface area (Å²) in [6, 6.07) is 3.90. The maximum absolute atomic E-state index is 12.4. The molecule has 3 aromatic heterocycles. The lowest BCUT2D eigenvalue weighted by Crippen LogP contribution is -2.27. The van der Waals surface area contributed by atoms with Crippen molar-refractivity contribution in [1.82, 2.24) is 9.97 Å². The fourth-order valence-electron chi connectivity index (χ4n) is 1.88. The van der Waals surface area contributed by atoms with Crippen LogP contribution in [0.4, 0.5) is 0 Å². The van der Waals surface area contributed by atoms with Gasteiger partial charge in [0.1, 0.15) is 9.58 Å². The molecule has 0 amide bonds. The standard InChI is InChI=1S/C14H12N2O3S3/c1-14(2,12(18)19)22-13-15-10(17)9-7(6-21-11(9)16-13)8-4-3-5-20-8/h3-6H,1-2H3,(H,18,19)(H,15,16,17). The molecule has 5 nitrogen and oxygen atoms in total. The van der Waals surface area contributed by atoms with Gasteiger partial charge in [0.15, 0.2) is 5.16 Å². The molecular weight excluding hydrogens is 340 g/mol. The minimum Gasteiger partial charge on any atom is -0.480 e. The van der Waals surface area contributed by atoms with Gasteiger partial charge in [-0.15, -0.1) is 22.7 Å². The molecule has 0 unspecified atom stereocenters. The van der Waals surface area contributed by atoms with E-state index in [1.807, 2.05) is 22.9 Å². The van der Waals surface area contributed by atoms with Crippen molar-refractivity contribution in [3.8, 4) is 10.4 Å². The first-order valence-electron chi connectivity index (χ1n) is 6.36. The van der Waals surface area contributed by atoms with Crippen LogP contribution in [0.2, 0.25) is 0 Å². The number of thiophene rings is 2. The molecule has 0 atom stereocenters. The van der Waals surface area contributed by atoms with Gasteiger partial charge < -0.3 is 10.1 Å². The van der Waals surface area contributed by atoms with Crippen LogP contribution in [0.25, 0.3) is 20.7 Å². The van der Waals surface area contributed by atoms with Gasteiger partial charge in [-0.2, -0.15) is 0 Å². The predicted molar refractivity (Wildman–Crippen MR) is 91.1 cm³/mol. The third-order valence-corrected chi connectivity index (χ3v) is 5.92. The first-order valence-corrected chi connectivity index (χ1v) is 8.94. The molecule has 0 aromatic carbocycles. The van der Waals surface area contributed by atoms with Crippen LogP contribution in [0.3, 0.4) is 0 Å². The highest BCUT2D eigenvalue weighted by molar-refractivity contribution is 8.01. The summed E-state index contributed by atoms with van der Waals surface area (Å²) in [5, 5.41) is 13.9. The number of thioether (sulfide) groups is 1. The number of carboxylic acids is 1. The first kappa shape index (κ1) is 15.3. The summed E-state index contributed by atoms with van der Waals surface area (Å²) in [7, 11) is 0. The topological polar surface area (TPSA) is 83.0 Å². The molecule has 3 heterocycles. The molecule has 0 bridgehead atoms. The summed E-state index contributed by atoms with van der Waals surface area (Å²) < 4.78 is -1.06. The van der Waals surface area contributed by atoms with Gasteiger partial charge >= 0.3 is 5.97 Å². The van der Waals surface area contributed by atoms with Crippen molar-refractivity contribution in [3.05, 3.63) is 33.2 Å². The molecule has 0 aliphatic carbocycles. The zero-order valence-electron chi connectivity index (χ0n) is 11.7. The lowest BCUT2D eigenvalue weighted by molar-refractivity contribution is -0.138. The number of aromatic nitrogens is 2. The van der Waals surface area contributed by atoms with Gasteiger partial charge in [-0.05, 0) is 25.3 Å². The average molecular weight is 352 g/mol. The van der Waals surface area contributed by atoms with Crippen molar-refractivity contribution in [2.45, 2.75) is 23.8 Å². The van der Waals surface area contributed by atoms with E-state index in [9.17, 15) is 14.7 Å². The maximum atomic E-state index is 12.4. The van der Waals surface area contributed by atoms with Crippen LogP contribution in [0.1, 0.15) is 13.8 Å². The van der Waals surface area contributed by atoms with E-state index < -0.39 is 10.7 Å². The van der Waals surface area contributed by atoms with E-state index in [4.69, 9.17) is 0 Å². The Bertz CT molecular complexity index is 894. The van der Waals surface area contributed by atoms with Gasteiger partial charge in [0.25, 0.3) is 5.56 Å². The van der Waals surface area contributed by atoms with Crippen molar-refractivity contribution >= 4 is 50.6 Å². The second kappa shape index (κ2) is 5.53. The molecule has 0 spiro atoms. The summed E-state index contributed by atoms with van der Waals surface area (Å²) in [5.41, 5.74) is 0.635. The first-order chi connectivity index (χ1) is 10.4. The summed E-state index contributed by atoms with van der Waals surface area (Å²) in [6.45, 7) is 3.16. The Kier molecular flexibility index (Phi) is 3.84. The third kappa shape index (κ3) is 2.69. The number of nitrogens with zero attached hydrogens (tertiary/aromatic N) is 1. The number of hydrogen-bond acceptors (Lipinski definition) is 6. The average Bonchev–Trinajstić information content (AvgIpc) is 3.05. The monoisotopic (exact) mass is 352 g/mol. The minimum absolute atomic E-state index is 0.238. The SMILES string of the molecule is CC(C)(Sc1nc2scc(-c3cccs3)c2c(=O)[nH]1)C(=O)O. The predicted octanol–water partition coefficient (Wildman–Crippen LogP) is 3.67. The lowest BCUT2D eigenvalue weighted by Gasteiger charge is -2.16. The fourth-order valence-corrected chi connectivity index (χ4v) is 4.55. The van der Waals surface area contributed by atoms with Gasteiger partial charge in [0, 0.05) is 15.8 Å². The van der Waals surface area contributed by atoms with Crippen LogP contribution >= 0.6 is 34.4 Å². The van der Waals surface area contributed by atoms with Gasteiger partial charge in [-0.3, -0.25) is 9.59 Å². The Morgan fingerprint density at radius 1 is 1.41 bits per heavy atom. The molecule has 0 saturated heterocycles. The number of aliphatic carboxylic acids is 1. The highest BCUT2D eigenvalue weighted by Gasteiger charge is 2.30. The number of nitrogens with one attached hydrogen (secondary N) is 1. The van der Waals surface area contributed by atoms with E-state index in [-0.39, 0.29) is 5.56 Å². The number of carbonyl (C=O) groups is 1. The van der Waals surface area contributed by atoms with Crippen molar-refractivity contribution < 1.29 is 9.90 Å². The number of rotatable bonds is 4. The Morgan fingerprint density at radius 2 is 2.18 bits per heavy atom. The molecule has 0 aliphatic heterocycles. The van der Waals surface area contributed by atoms with Crippen LogP contribution in [-0.4, -0.2) is 25.8 Å². The van der Waals surface area contributed by atoms with Gasteiger partial charge in [-0.1, -0.05) is 17.8 Å². The van der Waals surface area contributed by atoms with Gasteiger partial charge in [0.2, 0.25) is 0 Å². The Balaban J connectivity index is 2.08. The second-order valence-corrected chi connectivity index (χ2v) is 8.51. The molecule has 8 heteroatoms. The van der Waals surface area contributed by atoms with E-state index in [1.165, 1.54) is 11.3 Å². The summed E-state index contributed by atoms with van der Waals surface area (Å²) >= 11 is 3.99. The third-order valence-electron chi connectivity index (χ3n) is 3.08. The van der Waals surface area contributed by atoms with Crippen LogP contribution in [-0.2, 0) is 4.79 Å². The Labute approximate surface area is 138 Å². The number of hydrogen-bond donors (Lipinski definition) is 2. The van der Waals surface area contributed by atoms with Crippen LogP contribution in [0.5, 0.6) is 0 Å². The van der Waals surface area contributed by atoms with Gasteiger partial charge in [-0.25, -0.2) is 4.98 Å². The van der Waals surface area contributed by atoms with Crippen LogP contribution in [0.15, 0.2) is 32.8 Å². The molecule has 114 valence electrons. The van der Waals surface area contributed by atoms with E-state index in [2.05, 4.69) is 9.97 Å². The molecule has 0 saturated carbocycles. The molecular formula is C14H12N2O3S3. The smallest absolute Gasteiger partial charge is 0.319 e. The molecule has 2 N–H and O–H groups in total. The summed E-state index contributed by atoms with van der Waals surface area (Å²) in [5.74, 6) is -0.953. The molecule has 0 radical (unpaired) electrons.